The predicted molar refractivity (Wildman–Crippen MR) is 85.8 cm³/mol. The Morgan fingerprint density at radius 2 is 1.52 bits per heavy atom. The molecule has 0 saturated heterocycles. The molecule has 1 aromatic carbocycles. The zero-order chi connectivity index (χ0) is 16.0. The lowest BCUT2D eigenvalue weighted by atomic mass is 9.82. The molecule has 0 aliphatic heterocycles. The molecular weight excluding hydrogens is 287 g/mol. The minimum Gasteiger partial charge on any atom is -0.404 e. The lowest BCUT2D eigenvalue weighted by molar-refractivity contribution is 0.281. The molecule has 5 heteroatoms. The fraction of sp³-hybridized carbons (Fsp3) is 0.625. The summed E-state index contributed by atoms with van der Waals surface area (Å²) in [7, 11) is -4.54. The van der Waals surface area contributed by atoms with E-state index in [1.807, 2.05) is 6.07 Å². The van der Waals surface area contributed by atoms with Gasteiger partial charge in [0.05, 0.1) is 0 Å². The fourth-order valence-corrected chi connectivity index (χ4v) is 3.40. The van der Waals surface area contributed by atoms with Crippen LogP contribution in [-0.2, 0) is 4.57 Å². The van der Waals surface area contributed by atoms with Crippen LogP contribution in [0.4, 0.5) is 0 Å². The molecule has 0 spiro atoms. The molecule has 0 radical (unpaired) electrons. The first-order valence-electron chi connectivity index (χ1n) is 7.75. The van der Waals surface area contributed by atoms with Crippen molar-refractivity contribution < 1.29 is 18.9 Å². The van der Waals surface area contributed by atoms with Crippen LogP contribution >= 0.6 is 7.82 Å². The van der Waals surface area contributed by atoms with Gasteiger partial charge in [0.15, 0.2) is 0 Å². The van der Waals surface area contributed by atoms with Crippen molar-refractivity contribution >= 4 is 7.82 Å². The minimum absolute atomic E-state index is 0.253. The highest BCUT2D eigenvalue weighted by molar-refractivity contribution is 7.46. The Morgan fingerprint density at radius 3 is 1.95 bits per heavy atom. The zero-order valence-corrected chi connectivity index (χ0v) is 14.3. The summed E-state index contributed by atoms with van der Waals surface area (Å²) in [4.78, 5) is 18.3. The van der Waals surface area contributed by atoms with E-state index in [0.29, 0.717) is 11.7 Å². The molecule has 0 unspecified atom stereocenters. The average molecular weight is 314 g/mol. The molecule has 0 heterocycles. The maximum atomic E-state index is 11.2. The van der Waals surface area contributed by atoms with Crippen LogP contribution in [0.2, 0.25) is 0 Å². The molecule has 2 N–H and O–H groups in total. The van der Waals surface area contributed by atoms with Gasteiger partial charge in [0.25, 0.3) is 0 Å². The molecule has 21 heavy (non-hydrogen) atoms. The van der Waals surface area contributed by atoms with Gasteiger partial charge in [-0.1, -0.05) is 39.8 Å². The topological polar surface area (TPSA) is 66.8 Å². The van der Waals surface area contributed by atoms with E-state index in [4.69, 9.17) is 14.3 Å². The lowest BCUT2D eigenvalue weighted by Crippen LogP contribution is -2.08. The van der Waals surface area contributed by atoms with Crippen molar-refractivity contribution in [1.82, 2.24) is 0 Å². The smallest absolute Gasteiger partial charge is 0.404 e. The molecule has 1 aromatic rings. The maximum absolute atomic E-state index is 11.2. The van der Waals surface area contributed by atoms with Crippen LogP contribution in [0, 0.1) is 0 Å². The third-order valence-corrected chi connectivity index (χ3v) is 4.57. The molecule has 1 rings (SSSR count). The Morgan fingerprint density at radius 1 is 1.00 bits per heavy atom. The van der Waals surface area contributed by atoms with E-state index in [1.165, 1.54) is 5.56 Å². The zero-order valence-electron chi connectivity index (χ0n) is 13.4. The van der Waals surface area contributed by atoms with Crippen molar-refractivity contribution in [1.29, 1.82) is 0 Å². The summed E-state index contributed by atoms with van der Waals surface area (Å²) in [6.45, 7) is 8.47. The van der Waals surface area contributed by atoms with Crippen LogP contribution in [0.5, 0.6) is 5.75 Å². The maximum Gasteiger partial charge on any atom is 0.524 e. The molecule has 0 atom stereocenters. The largest absolute Gasteiger partial charge is 0.524 e. The molecule has 0 aromatic heterocycles. The summed E-state index contributed by atoms with van der Waals surface area (Å²) in [6, 6.07) is 5.56. The van der Waals surface area contributed by atoms with Gasteiger partial charge in [0.1, 0.15) is 5.75 Å². The van der Waals surface area contributed by atoms with Crippen molar-refractivity contribution in [2.45, 2.75) is 65.2 Å². The van der Waals surface area contributed by atoms with Gasteiger partial charge in [-0.15, -0.1) is 0 Å². The van der Waals surface area contributed by atoms with Gasteiger partial charge < -0.3 is 4.52 Å². The van der Waals surface area contributed by atoms with Crippen LogP contribution in [-0.4, -0.2) is 9.79 Å². The van der Waals surface area contributed by atoms with Gasteiger partial charge >= 0.3 is 7.82 Å². The SMILES string of the molecule is CCC(CC)c1cccc(OP(=O)(O)O)c1C(CC)CC. The van der Waals surface area contributed by atoms with Crippen molar-refractivity contribution in [3.8, 4) is 5.75 Å². The third kappa shape index (κ3) is 4.84. The quantitative estimate of drug-likeness (QED) is 0.665. The predicted octanol–water partition coefficient (Wildman–Crippen LogP) is 4.97. The van der Waals surface area contributed by atoms with Crippen LogP contribution in [0.3, 0.4) is 0 Å². The number of rotatable bonds is 8. The normalized spacial score (nSPS) is 12.2. The summed E-state index contributed by atoms with van der Waals surface area (Å²) in [5, 5.41) is 0. The molecule has 4 nitrogen and oxygen atoms in total. The second-order valence-corrected chi connectivity index (χ2v) is 6.53. The second kappa shape index (κ2) is 7.98. The van der Waals surface area contributed by atoms with Crippen molar-refractivity contribution in [3.05, 3.63) is 29.3 Å². The van der Waals surface area contributed by atoms with E-state index in [1.54, 1.807) is 6.07 Å². The Kier molecular flexibility index (Phi) is 6.92. The van der Waals surface area contributed by atoms with Crippen molar-refractivity contribution in [2.24, 2.45) is 0 Å². The Hall–Kier alpha value is -0.830. The summed E-state index contributed by atoms with van der Waals surface area (Å²) in [5.41, 5.74) is 2.14. The molecule has 0 fully saturated rings. The molecule has 120 valence electrons. The highest BCUT2D eigenvalue weighted by Gasteiger charge is 2.25. The van der Waals surface area contributed by atoms with Gasteiger partial charge in [-0.25, -0.2) is 4.57 Å². The standard InChI is InChI=1S/C16H27O4P/c1-5-12(6-2)14-10-9-11-15(20-21(17,18)19)16(14)13(7-3)8-4/h9-13H,5-8H2,1-4H3,(H2,17,18,19). The Bertz CT molecular complexity index is 487. The van der Waals surface area contributed by atoms with Crippen molar-refractivity contribution in [3.63, 3.8) is 0 Å². The van der Waals surface area contributed by atoms with E-state index in [2.05, 4.69) is 33.8 Å². The first-order valence-corrected chi connectivity index (χ1v) is 9.28. The molecule has 0 saturated carbocycles. The summed E-state index contributed by atoms with van der Waals surface area (Å²) < 4.78 is 16.2. The number of phosphoric acid groups is 1. The van der Waals surface area contributed by atoms with Gasteiger partial charge in [-0.05, 0) is 49.1 Å². The van der Waals surface area contributed by atoms with Gasteiger partial charge in [-0.2, -0.15) is 0 Å². The molecule has 0 bridgehead atoms. The van der Waals surface area contributed by atoms with Crippen molar-refractivity contribution in [2.75, 3.05) is 0 Å². The molecule has 0 amide bonds. The average Bonchev–Trinajstić information content (AvgIpc) is 2.42. The highest BCUT2D eigenvalue weighted by Crippen LogP contribution is 2.45. The highest BCUT2D eigenvalue weighted by atomic mass is 31.2. The van der Waals surface area contributed by atoms with Crippen LogP contribution in [0.1, 0.15) is 76.3 Å². The number of phosphoric ester groups is 1. The fourth-order valence-electron chi connectivity index (χ4n) is 2.99. The van der Waals surface area contributed by atoms with Gasteiger partial charge in [-0.3, -0.25) is 9.79 Å². The van der Waals surface area contributed by atoms with E-state index in [9.17, 15) is 4.57 Å². The van der Waals surface area contributed by atoms with Crippen LogP contribution < -0.4 is 4.52 Å². The van der Waals surface area contributed by atoms with E-state index < -0.39 is 7.82 Å². The number of benzene rings is 1. The van der Waals surface area contributed by atoms with Gasteiger partial charge in [0.2, 0.25) is 0 Å². The van der Waals surface area contributed by atoms with E-state index in [-0.39, 0.29) is 5.92 Å². The minimum atomic E-state index is -4.54. The van der Waals surface area contributed by atoms with Gasteiger partial charge in [0, 0.05) is 5.56 Å². The first kappa shape index (κ1) is 18.2. The Balaban J connectivity index is 3.43. The van der Waals surface area contributed by atoms with Crippen LogP contribution in [0.15, 0.2) is 18.2 Å². The van der Waals surface area contributed by atoms with E-state index in [0.717, 1.165) is 31.2 Å². The first-order chi connectivity index (χ1) is 9.87. The molecular formula is C16H27O4P. The second-order valence-electron chi connectivity index (χ2n) is 5.37. The third-order valence-electron chi connectivity index (χ3n) is 4.14. The summed E-state index contributed by atoms with van der Waals surface area (Å²) in [5.74, 6) is 0.978. The molecule has 0 aliphatic carbocycles. The monoisotopic (exact) mass is 314 g/mol. The Labute approximate surface area is 127 Å². The molecule has 0 aliphatic rings. The van der Waals surface area contributed by atoms with E-state index >= 15 is 0 Å². The summed E-state index contributed by atoms with van der Waals surface area (Å²) in [6.07, 6.45) is 3.85. The number of hydrogen-bond donors (Lipinski definition) is 2. The lowest BCUT2D eigenvalue weighted by Gasteiger charge is -2.25. The number of hydrogen-bond acceptors (Lipinski definition) is 2. The van der Waals surface area contributed by atoms with Crippen LogP contribution in [0.25, 0.3) is 0 Å². The summed E-state index contributed by atoms with van der Waals surface area (Å²) >= 11 is 0.